The molecule has 138 valence electrons. The topological polar surface area (TPSA) is 44.5 Å². The van der Waals surface area contributed by atoms with Crippen molar-refractivity contribution >= 4 is 22.3 Å². The summed E-state index contributed by atoms with van der Waals surface area (Å²) in [4.78, 5) is 3.70. The van der Waals surface area contributed by atoms with E-state index in [9.17, 15) is 0 Å². The van der Waals surface area contributed by atoms with Crippen LogP contribution >= 0.6 is 0 Å². The van der Waals surface area contributed by atoms with Gasteiger partial charge in [-0.3, -0.25) is 0 Å². The SMILES string of the molecule is [C-]#[N+]c1cc2c(-c3cccc(N)c3C)cn(-c3ccc(OC)cc3)c2cc1C. The van der Waals surface area contributed by atoms with E-state index in [1.54, 1.807) is 7.11 Å². The molecule has 0 aliphatic heterocycles. The maximum absolute atomic E-state index is 7.51. The van der Waals surface area contributed by atoms with E-state index in [0.717, 1.165) is 50.3 Å². The molecule has 0 radical (unpaired) electrons. The monoisotopic (exact) mass is 367 g/mol. The standard InChI is InChI=1S/C24H21N3O/c1-15-12-24-20(13-23(15)26-3)21(19-6-5-7-22(25)16(19)2)14-27(24)17-8-10-18(28-4)11-9-17/h5-14H,25H2,1-2,4H3. The molecule has 0 amide bonds. The molecule has 0 aliphatic rings. The van der Waals surface area contributed by atoms with Gasteiger partial charge in [-0.15, -0.1) is 0 Å². The van der Waals surface area contributed by atoms with Crippen molar-refractivity contribution in [2.75, 3.05) is 12.8 Å². The lowest BCUT2D eigenvalue weighted by atomic mass is 9.98. The van der Waals surface area contributed by atoms with Crippen LogP contribution in [0.4, 0.5) is 11.4 Å². The number of ether oxygens (including phenoxy) is 1. The molecule has 1 heterocycles. The molecule has 4 heteroatoms. The highest BCUT2D eigenvalue weighted by Gasteiger charge is 2.16. The zero-order valence-corrected chi connectivity index (χ0v) is 16.2. The van der Waals surface area contributed by atoms with Gasteiger partial charge in [-0.25, -0.2) is 4.85 Å². The van der Waals surface area contributed by atoms with Gasteiger partial charge in [-0.1, -0.05) is 12.1 Å². The minimum atomic E-state index is 0.669. The average molecular weight is 367 g/mol. The molecule has 0 saturated heterocycles. The zero-order chi connectivity index (χ0) is 19.8. The summed E-state index contributed by atoms with van der Waals surface area (Å²) in [5, 5.41) is 1.04. The molecule has 2 N–H and O–H groups in total. The van der Waals surface area contributed by atoms with Crippen LogP contribution in [0.3, 0.4) is 0 Å². The Morgan fingerprint density at radius 2 is 1.75 bits per heavy atom. The summed E-state index contributed by atoms with van der Waals surface area (Å²) in [7, 11) is 1.66. The van der Waals surface area contributed by atoms with Gasteiger partial charge >= 0.3 is 0 Å². The number of nitrogens with zero attached hydrogens (tertiary/aromatic N) is 2. The van der Waals surface area contributed by atoms with Crippen molar-refractivity contribution in [3.8, 4) is 22.6 Å². The van der Waals surface area contributed by atoms with Crippen LogP contribution in [-0.2, 0) is 0 Å². The van der Waals surface area contributed by atoms with E-state index in [-0.39, 0.29) is 0 Å². The molecule has 3 aromatic carbocycles. The average Bonchev–Trinajstić information content (AvgIpc) is 3.07. The molecule has 0 unspecified atom stereocenters. The van der Waals surface area contributed by atoms with Gasteiger partial charge in [-0.2, -0.15) is 0 Å². The Bertz CT molecular complexity index is 1230. The van der Waals surface area contributed by atoms with Gasteiger partial charge in [0.2, 0.25) is 0 Å². The summed E-state index contributed by atoms with van der Waals surface area (Å²) < 4.78 is 7.45. The van der Waals surface area contributed by atoms with E-state index < -0.39 is 0 Å². The Kier molecular flexibility index (Phi) is 4.29. The van der Waals surface area contributed by atoms with Crippen LogP contribution in [-0.4, -0.2) is 11.7 Å². The van der Waals surface area contributed by atoms with E-state index in [4.69, 9.17) is 17.0 Å². The van der Waals surface area contributed by atoms with Gasteiger partial charge in [0.15, 0.2) is 5.69 Å². The largest absolute Gasteiger partial charge is 0.497 e. The van der Waals surface area contributed by atoms with Gasteiger partial charge in [0, 0.05) is 23.1 Å². The first-order valence-electron chi connectivity index (χ1n) is 9.06. The molecule has 0 atom stereocenters. The number of nitrogen functional groups attached to an aromatic ring is 1. The fourth-order valence-corrected chi connectivity index (χ4v) is 3.60. The molecule has 0 saturated carbocycles. The van der Waals surface area contributed by atoms with E-state index >= 15 is 0 Å². The molecule has 0 aliphatic carbocycles. The highest BCUT2D eigenvalue weighted by molar-refractivity contribution is 6.00. The minimum absolute atomic E-state index is 0.669. The second kappa shape index (κ2) is 6.79. The zero-order valence-electron chi connectivity index (χ0n) is 16.2. The van der Waals surface area contributed by atoms with Gasteiger partial charge < -0.3 is 15.0 Å². The number of methoxy groups -OCH3 is 1. The van der Waals surface area contributed by atoms with E-state index in [2.05, 4.69) is 27.7 Å². The van der Waals surface area contributed by atoms with Crippen LogP contribution in [0.25, 0.3) is 32.6 Å². The van der Waals surface area contributed by atoms with Crippen LogP contribution in [0, 0.1) is 20.4 Å². The second-order valence-corrected chi connectivity index (χ2v) is 6.90. The number of hydrogen-bond acceptors (Lipinski definition) is 2. The predicted molar refractivity (Wildman–Crippen MR) is 115 cm³/mol. The van der Waals surface area contributed by atoms with Crippen LogP contribution in [0.15, 0.2) is 60.8 Å². The third-order valence-corrected chi connectivity index (χ3v) is 5.26. The number of benzene rings is 3. The van der Waals surface area contributed by atoms with E-state index in [1.807, 2.05) is 56.3 Å². The number of aromatic nitrogens is 1. The lowest BCUT2D eigenvalue weighted by molar-refractivity contribution is 0.415. The molecule has 4 rings (SSSR count). The molecule has 1 aromatic heterocycles. The quantitative estimate of drug-likeness (QED) is 0.353. The first kappa shape index (κ1) is 17.7. The van der Waals surface area contributed by atoms with E-state index in [1.165, 1.54) is 0 Å². The number of rotatable bonds is 3. The fourth-order valence-electron chi connectivity index (χ4n) is 3.60. The highest BCUT2D eigenvalue weighted by Crippen LogP contribution is 2.38. The minimum Gasteiger partial charge on any atom is -0.497 e. The predicted octanol–water partition coefficient (Wildman–Crippen LogP) is 6.06. The Morgan fingerprint density at radius 3 is 2.43 bits per heavy atom. The number of fused-ring (bicyclic) bond motifs is 1. The summed E-state index contributed by atoms with van der Waals surface area (Å²) in [5.74, 6) is 0.818. The summed E-state index contributed by atoms with van der Waals surface area (Å²) in [6.45, 7) is 11.5. The smallest absolute Gasteiger partial charge is 0.190 e. The Morgan fingerprint density at radius 1 is 1.00 bits per heavy atom. The molecule has 0 bridgehead atoms. The van der Waals surface area contributed by atoms with Crippen molar-refractivity contribution in [2.45, 2.75) is 13.8 Å². The van der Waals surface area contributed by atoms with Crippen LogP contribution in [0.1, 0.15) is 11.1 Å². The maximum atomic E-state index is 7.51. The van der Waals surface area contributed by atoms with Gasteiger partial charge in [0.25, 0.3) is 0 Å². The van der Waals surface area contributed by atoms with Crippen molar-refractivity contribution in [2.24, 2.45) is 0 Å². The molecule has 0 spiro atoms. The van der Waals surface area contributed by atoms with Crippen LogP contribution < -0.4 is 10.5 Å². The van der Waals surface area contributed by atoms with Gasteiger partial charge in [0.05, 0.1) is 19.2 Å². The number of anilines is 1. The number of nitrogens with two attached hydrogens (primary N) is 1. The molecular weight excluding hydrogens is 346 g/mol. The van der Waals surface area contributed by atoms with Crippen molar-refractivity contribution in [3.63, 3.8) is 0 Å². The van der Waals surface area contributed by atoms with Crippen molar-refractivity contribution < 1.29 is 4.74 Å². The van der Waals surface area contributed by atoms with Crippen LogP contribution in [0.5, 0.6) is 5.75 Å². The lowest BCUT2D eigenvalue weighted by Gasteiger charge is -2.08. The lowest BCUT2D eigenvalue weighted by Crippen LogP contribution is -1.93. The summed E-state index contributed by atoms with van der Waals surface area (Å²) in [6.07, 6.45) is 2.13. The van der Waals surface area contributed by atoms with Crippen molar-refractivity contribution in [1.82, 2.24) is 4.57 Å². The van der Waals surface area contributed by atoms with Crippen LogP contribution in [0.2, 0.25) is 0 Å². The third-order valence-electron chi connectivity index (χ3n) is 5.26. The third kappa shape index (κ3) is 2.78. The highest BCUT2D eigenvalue weighted by atomic mass is 16.5. The summed E-state index contributed by atoms with van der Waals surface area (Å²) >= 11 is 0. The molecule has 4 nitrogen and oxygen atoms in total. The number of aryl methyl sites for hydroxylation is 1. The Hall–Kier alpha value is -3.71. The summed E-state index contributed by atoms with van der Waals surface area (Å²) in [6, 6.07) is 18.0. The van der Waals surface area contributed by atoms with E-state index in [0.29, 0.717) is 5.69 Å². The normalized spacial score (nSPS) is 10.8. The second-order valence-electron chi connectivity index (χ2n) is 6.90. The molecule has 28 heavy (non-hydrogen) atoms. The molecule has 4 aromatic rings. The Labute approximate surface area is 164 Å². The van der Waals surface area contributed by atoms with Crippen molar-refractivity contribution in [1.29, 1.82) is 0 Å². The summed E-state index contributed by atoms with van der Waals surface area (Å²) in [5.41, 5.74) is 13.9. The van der Waals surface area contributed by atoms with Crippen molar-refractivity contribution in [3.05, 3.63) is 83.3 Å². The number of hydrogen-bond donors (Lipinski definition) is 1. The first-order valence-corrected chi connectivity index (χ1v) is 9.06. The fraction of sp³-hybridized carbons (Fsp3) is 0.125. The van der Waals surface area contributed by atoms with Gasteiger partial charge in [-0.05, 0) is 78.4 Å². The van der Waals surface area contributed by atoms with Gasteiger partial charge in [0.1, 0.15) is 5.75 Å². The molecule has 0 fully saturated rings. The maximum Gasteiger partial charge on any atom is 0.190 e. The molecular formula is C24H21N3O. The Balaban J connectivity index is 2.05. The first-order chi connectivity index (χ1) is 13.5.